The summed E-state index contributed by atoms with van der Waals surface area (Å²) in [5.74, 6) is -1.56. The summed E-state index contributed by atoms with van der Waals surface area (Å²) >= 11 is 0. The Morgan fingerprint density at radius 3 is 3.00 bits per heavy atom. The van der Waals surface area contributed by atoms with Gasteiger partial charge in [-0.25, -0.2) is 18.5 Å². The molecule has 1 atom stereocenters. The van der Waals surface area contributed by atoms with Crippen LogP contribution in [0.25, 0.3) is 22.3 Å². The quantitative estimate of drug-likeness (QED) is 0.629. The molecule has 10 nitrogen and oxygen atoms in total. The molecular weight excluding hydrogens is 370 g/mol. The minimum atomic E-state index is -1.62. The van der Waals surface area contributed by atoms with Gasteiger partial charge in [-0.1, -0.05) is 0 Å². The topological polar surface area (TPSA) is 141 Å². The molecule has 0 radical (unpaired) electrons. The highest BCUT2D eigenvalue weighted by atomic mass is 32.2. The monoisotopic (exact) mass is 385 g/mol. The van der Waals surface area contributed by atoms with E-state index in [0.717, 1.165) is 22.3 Å². The molecule has 1 fully saturated rings. The minimum absolute atomic E-state index is 0.179. The van der Waals surface area contributed by atoms with Crippen molar-refractivity contribution >= 4 is 28.0 Å². The standard InChI is InChI=1S/C16H15N7O3S/c17-3-2-16(8-22(9-16)27(26)7-13(24)25)23-6-11(5-21-23)14-12-1-4-18-15(12)20-10-19-14/h1,4-6,10H,2,7-9H2,(H,24,25)(H,18,19,20). The van der Waals surface area contributed by atoms with Crippen molar-refractivity contribution in [3.8, 4) is 17.3 Å². The lowest BCUT2D eigenvalue weighted by Gasteiger charge is -2.47. The summed E-state index contributed by atoms with van der Waals surface area (Å²) in [6.07, 6.45) is 6.91. The number of hydrogen-bond acceptors (Lipinski definition) is 6. The average molecular weight is 385 g/mol. The number of carbonyl (C=O) groups is 1. The number of rotatable bonds is 6. The lowest BCUT2D eigenvalue weighted by atomic mass is 9.89. The highest BCUT2D eigenvalue weighted by molar-refractivity contribution is 7.83. The number of fused-ring (bicyclic) bond motifs is 1. The van der Waals surface area contributed by atoms with Crippen LogP contribution in [0.2, 0.25) is 0 Å². The van der Waals surface area contributed by atoms with E-state index in [9.17, 15) is 14.3 Å². The van der Waals surface area contributed by atoms with Gasteiger partial charge in [0.2, 0.25) is 0 Å². The van der Waals surface area contributed by atoms with Crippen LogP contribution < -0.4 is 0 Å². The van der Waals surface area contributed by atoms with E-state index in [2.05, 4.69) is 26.1 Å². The van der Waals surface area contributed by atoms with Crippen LogP contribution >= 0.6 is 0 Å². The van der Waals surface area contributed by atoms with Crippen LogP contribution in [0.1, 0.15) is 6.42 Å². The molecule has 0 amide bonds. The van der Waals surface area contributed by atoms with Crippen LogP contribution in [0.3, 0.4) is 0 Å². The zero-order valence-corrected chi connectivity index (χ0v) is 14.9. The lowest BCUT2D eigenvalue weighted by molar-refractivity contribution is -0.134. The Morgan fingerprint density at radius 1 is 1.44 bits per heavy atom. The predicted octanol–water partition coefficient (Wildman–Crippen LogP) is 0.494. The molecule has 11 heteroatoms. The SMILES string of the molecule is N#CCC1(n2cc(-c3ncnc4[nH]ccc34)cn2)CN(S(=O)CC(=O)O)C1. The number of carboxylic acid groups (broad SMARTS) is 1. The Hall–Kier alpha value is -3.10. The van der Waals surface area contributed by atoms with Gasteiger partial charge in [-0.05, 0) is 6.07 Å². The number of aromatic amines is 1. The van der Waals surface area contributed by atoms with Crippen molar-refractivity contribution in [1.29, 1.82) is 5.26 Å². The lowest BCUT2D eigenvalue weighted by Crippen LogP contribution is -2.63. The van der Waals surface area contributed by atoms with E-state index >= 15 is 0 Å². The van der Waals surface area contributed by atoms with Gasteiger partial charge in [0, 0.05) is 36.4 Å². The van der Waals surface area contributed by atoms with E-state index < -0.39 is 28.2 Å². The van der Waals surface area contributed by atoms with E-state index in [0.29, 0.717) is 13.1 Å². The molecule has 0 bridgehead atoms. The maximum Gasteiger partial charge on any atom is 0.317 e. The maximum absolute atomic E-state index is 12.0. The third-order valence-corrected chi connectivity index (χ3v) is 5.91. The Labute approximate surface area is 156 Å². The summed E-state index contributed by atoms with van der Waals surface area (Å²) in [5, 5.41) is 23.3. The number of nitrogens with zero attached hydrogens (tertiary/aromatic N) is 6. The first-order valence-corrected chi connectivity index (χ1v) is 9.36. The minimum Gasteiger partial charge on any atom is -0.481 e. The first-order chi connectivity index (χ1) is 13.0. The summed E-state index contributed by atoms with van der Waals surface area (Å²) in [6.45, 7) is 0.593. The summed E-state index contributed by atoms with van der Waals surface area (Å²) in [6, 6.07) is 4.03. The van der Waals surface area contributed by atoms with E-state index in [1.54, 1.807) is 21.4 Å². The molecule has 3 aromatic heterocycles. The smallest absolute Gasteiger partial charge is 0.317 e. The average Bonchev–Trinajstić information content (AvgIpc) is 3.25. The summed E-state index contributed by atoms with van der Waals surface area (Å²) in [7, 11) is -1.62. The Morgan fingerprint density at radius 2 is 2.26 bits per heavy atom. The molecule has 138 valence electrons. The molecule has 0 aromatic carbocycles. The highest BCUT2D eigenvalue weighted by Crippen LogP contribution is 2.35. The number of nitrogens with one attached hydrogen (secondary N) is 1. The van der Waals surface area contributed by atoms with E-state index in [-0.39, 0.29) is 6.42 Å². The van der Waals surface area contributed by atoms with Crippen molar-refractivity contribution in [3.05, 3.63) is 31.0 Å². The van der Waals surface area contributed by atoms with Crippen LogP contribution in [0.15, 0.2) is 31.0 Å². The molecule has 1 saturated heterocycles. The van der Waals surface area contributed by atoms with E-state index in [1.807, 2.05) is 12.3 Å². The highest BCUT2D eigenvalue weighted by Gasteiger charge is 2.48. The molecule has 0 spiro atoms. The van der Waals surface area contributed by atoms with Crippen molar-refractivity contribution in [3.63, 3.8) is 0 Å². The van der Waals surface area contributed by atoms with Crippen molar-refractivity contribution in [2.75, 3.05) is 18.8 Å². The molecule has 2 N–H and O–H groups in total. The second kappa shape index (κ2) is 6.57. The first-order valence-electron chi connectivity index (χ1n) is 8.08. The number of nitriles is 1. The van der Waals surface area contributed by atoms with Crippen molar-refractivity contribution in [2.24, 2.45) is 0 Å². The van der Waals surface area contributed by atoms with Crippen molar-refractivity contribution in [1.82, 2.24) is 29.0 Å². The molecule has 0 saturated carbocycles. The van der Waals surface area contributed by atoms with Crippen LogP contribution in [-0.2, 0) is 21.3 Å². The zero-order valence-electron chi connectivity index (χ0n) is 14.1. The van der Waals surface area contributed by atoms with Crippen LogP contribution in [0.5, 0.6) is 0 Å². The first kappa shape index (κ1) is 17.3. The Kier molecular flexibility index (Phi) is 4.21. The maximum atomic E-state index is 12.0. The number of carboxylic acids is 1. The Bertz CT molecular complexity index is 1080. The fourth-order valence-corrected chi connectivity index (χ4v) is 4.41. The van der Waals surface area contributed by atoms with Crippen LogP contribution in [0.4, 0.5) is 0 Å². The fourth-order valence-electron chi connectivity index (χ4n) is 3.24. The third kappa shape index (κ3) is 2.98. The molecule has 0 aliphatic carbocycles. The van der Waals surface area contributed by atoms with E-state index in [1.165, 1.54) is 6.33 Å². The Balaban J connectivity index is 1.61. The largest absolute Gasteiger partial charge is 0.481 e. The summed E-state index contributed by atoms with van der Waals surface area (Å²) < 4.78 is 15.3. The van der Waals surface area contributed by atoms with Gasteiger partial charge in [0.25, 0.3) is 0 Å². The van der Waals surface area contributed by atoms with Crippen LogP contribution in [-0.4, -0.2) is 63.2 Å². The molecule has 1 unspecified atom stereocenters. The van der Waals surface area contributed by atoms with Crippen LogP contribution in [0, 0.1) is 11.3 Å². The van der Waals surface area contributed by atoms with Gasteiger partial charge >= 0.3 is 5.97 Å². The second-order valence-corrected chi connectivity index (χ2v) is 7.80. The summed E-state index contributed by atoms with van der Waals surface area (Å²) in [5.41, 5.74) is 1.60. The molecule has 1 aliphatic heterocycles. The number of aromatic nitrogens is 5. The van der Waals surface area contributed by atoms with Gasteiger partial charge in [-0.15, -0.1) is 0 Å². The number of H-pyrrole nitrogens is 1. The molecule has 27 heavy (non-hydrogen) atoms. The van der Waals surface area contributed by atoms with Gasteiger partial charge in [-0.3, -0.25) is 9.48 Å². The zero-order chi connectivity index (χ0) is 19.0. The molecule has 4 heterocycles. The number of hydrogen-bond donors (Lipinski definition) is 2. The molecular formula is C16H15N7O3S. The second-order valence-electron chi connectivity index (χ2n) is 6.35. The van der Waals surface area contributed by atoms with Gasteiger partial charge in [0.15, 0.2) is 0 Å². The van der Waals surface area contributed by atoms with Gasteiger partial charge in [0.1, 0.15) is 34.3 Å². The molecule has 4 rings (SSSR count). The summed E-state index contributed by atoms with van der Waals surface area (Å²) in [4.78, 5) is 22.3. The molecule has 3 aromatic rings. The molecule has 1 aliphatic rings. The van der Waals surface area contributed by atoms with Gasteiger partial charge in [-0.2, -0.15) is 10.4 Å². The van der Waals surface area contributed by atoms with Gasteiger partial charge < -0.3 is 10.1 Å². The van der Waals surface area contributed by atoms with Gasteiger partial charge in [0.05, 0.1) is 24.4 Å². The normalized spacial score (nSPS) is 17.3. The predicted molar refractivity (Wildman–Crippen MR) is 95.5 cm³/mol. The fraction of sp³-hybridized carbons (Fsp3) is 0.312. The van der Waals surface area contributed by atoms with Crippen molar-refractivity contribution in [2.45, 2.75) is 12.0 Å². The third-order valence-electron chi connectivity index (χ3n) is 4.58. The number of aliphatic carboxylic acids is 1. The van der Waals surface area contributed by atoms with Crippen molar-refractivity contribution < 1.29 is 14.1 Å². The van der Waals surface area contributed by atoms with E-state index in [4.69, 9.17) is 5.11 Å².